The van der Waals surface area contributed by atoms with Crippen LogP contribution in [0.4, 0.5) is 14.5 Å². The summed E-state index contributed by atoms with van der Waals surface area (Å²) in [7, 11) is 1.55. The monoisotopic (exact) mass is 319 g/mol. The summed E-state index contributed by atoms with van der Waals surface area (Å²) in [6.45, 7) is -2.96. The van der Waals surface area contributed by atoms with Gasteiger partial charge in [0.05, 0.1) is 12.8 Å². The van der Waals surface area contributed by atoms with E-state index >= 15 is 0 Å². The Morgan fingerprint density at radius 3 is 2.70 bits per heavy atom. The zero-order valence-corrected chi connectivity index (χ0v) is 12.3. The first-order chi connectivity index (χ1) is 11.1. The third kappa shape index (κ3) is 5.10. The molecule has 0 atom stereocenters. The highest BCUT2D eigenvalue weighted by atomic mass is 19.3. The van der Waals surface area contributed by atoms with Crippen LogP contribution in [0.2, 0.25) is 0 Å². The fourth-order valence-corrected chi connectivity index (χ4v) is 1.86. The summed E-state index contributed by atoms with van der Waals surface area (Å²) in [5.74, 6) is 0.118. The molecule has 120 valence electrons. The van der Waals surface area contributed by atoms with Gasteiger partial charge in [0.2, 0.25) is 5.91 Å². The number of amides is 1. The van der Waals surface area contributed by atoms with Crippen LogP contribution in [0, 0.1) is 0 Å². The van der Waals surface area contributed by atoms with Gasteiger partial charge in [-0.3, -0.25) is 4.79 Å². The minimum Gasteiger partial charge on any atom is -0.497 e. The Kier molecular flexibility index (Phi) is 5.68. The van der Waals surface area contributed by atoms with Gasteiger partial charge in [-0.1, -0.05) is 24.3 Å². The highest BCUT2D eigenvalue weighted by molar-refractivity contribution is 6.02. The normalized spacial score (nSPS) is 10.8. The minimum atomic E-state index is -2.96. The molecule has 2 rings (SSSR count). The van der Waals surface area contributed by atoms with E-state index in [1.54, 1.807) is 49.6 Å². The topological polar surface area (TPSA) is 47.6 Å². The molecule has 1 amide bonds. The number of methoxy groups -OCH3 is 1. The van der Waals surface area contributed by atoms with Crippen LogP contribution in [0.5, 0.6) is 11.5 Å². The fraction of sp³-hybridized carbons (Fsp3) is 0.118. The molecule has 0 aromatic heterocycles. The number of hydrogen-bond acceptors (Lipinski definition) is 3. The Hall–Kier alpha value is -2.89. The summed E-state index contributed by atoms with van der Waals surface area (Å²) in [5.41, 5.74) is 0.949. The summed E-state index contributed by atoms with van der Waals surface area (Å²) >= 11 is 0. The van der Waals surface area contributed by atoms with E-state index in [1.165, 1.54) is 18.2 Å². The maximum absolute atomic E-state index is 12.3. The van der Waals surface area contributed by atoms with Gasteiger partial charge in [-0.05, 0) is 35.9 Å². The van der Waals surface area contributed by atoms with Crippen LogP contribution in [-0.2, 0) is 4.79 Å². The van der Waals surface area contributed by atoms with Crippen LogP contribution in [0.25, 0.3) is 6.08 Å². The Labute approximate surface area is 132 Å². The SMILES string of the molecule is COc1cccc(C=CC(=O)Nc2ccccc2OC(F)F)c1. The molecule has 6 heteroatoms. The second-order valence-corrected chi connectivity index (χ2v) is 4.47. The van der Waals surface area contributed by atoms with Crippen LogP contribution in [0.3, 0.4) is 0 Å². The van der Waals surface area contributed by atoms with E-state index in [1.807, 2.05) is 0 Å². The predicted octanol–water partition coefficient (Wildman–Crippen LogP) is 3.95. The number of hydrogen-bond donors (Lipinski definition) is 1. The van der Waals surface area contributed by atoms with Gasteiger partial charge < -0.3 is 14.8 Å². The third-order valence-electron chi connectivity index (χ3n) is 2.88. The van der Waals surface area contributed by atoms with Crippen molar-refractivity contribution in [3.05, 3.63) is 60.2 Å². The van der Waals surface area contributed by atoms with Crippen molar-refractivity contribution in [3.8, 4) is 11.5 Å². The van der Waals surface area contributed by atoms with Gasteiger partial charge in [0.1, 0.15) is 11.5 Å². The molecule has 4 nitrogen and oxygen atoms in total. The van der Waals surface area contributed by atoms with Gasteiger partial charge in [0, 0.05) is 6.08 Å². The molecule has 0 saturated heterocycles. The van der Waals surface area contributed by atoms with Crippen LogP contribution < -0.4 is 14.8 Å². The van der Waals surface area contributed by atoms with E-state index in [-0.39, 0.29) is 11.4 Å². The van der Waals surface area contributed by atoms with Crippen molar-refractivity contribution in [2.75, 3.05) is 12.4 Å². The number of carbonyl (C=O) groups excluding carboxylic acids is 1. The Balaban J connectivity index is 2.06. The standard InChI is InChI=1S/C17H15F2NO3/c1-22-13-6-4-5-12(11-13)9-10-16(21)20-14-7-2-3-8-15(14)23-17(18)19/h2-11,17H,1H3,(H,20,21). The van der Waals surface area contributed by atoms with Crippen LogP contribution in [0.15, 0.2) is 54.6 Å². The number of halogens is 2. The first-order valence-corrected chi connectivity index (χ1v) is 6.75. The number of benzene rings is 2. The lowest BCUT2D eigenvalue weighted by Crippen LogP contribution is -2.11. The summed E-state index contributed by atoms with van der Waals surface area (Å²) in [4.78, 5) is 11.9. The van der Waals surface area contributed by atoms with Gasteiger partial charge in [0.15, 0.2) is 0 Å². The molecular formula is C17H15F2NO3. The van der Waals surface area contributed by atoms with E-state index < -0.39 is 12.5 Å². The number of rotatable bonds is 6. The molecule has 0 aliphatic carbocycles. The highest BCUT2D eigenvalue weighted by Gasteiger charge is 2.10. The molecule has 23 heavy (non-hydrogen) atoms. The molecule has 2 aromatic carbocycles. The lowest BCUT2D eigenvalue weighted by atomic mass is 10.2. The Bertz CT molecular complexity index is 702. The molecule has 1 N–H and O–H groups in total. The van der Waals surface area contributed by atoms with Crippen molar-refractivity contribution in [2.45, 2.75) is 6.61 Å². The maximum atomic E-state index is 12.3. The number of nitrogens with one attached hydrogen (secondary N) is 1. The average Bonchev–Trinajstić information content (AvgIpc) is 2.54. The zero-order valence-electron chi connectivity index (χ0n) is 12.3. The van der Waals surface area contributed by atoms with E-state index in [9.17, 15) is 13.6 Å². The summed E-state index contributed by atoms with van der Waals surface area (Å²) in [5, 5.41) is 2.50. The van der Waals surface area contributed by atoms with Crippen molar-refractivity contribution in [1.82, 2.24) is 0 Å². The summed E-state index contributed by atoms with van der Waals surface area (Å²) in [6.07, 6.45) is 2.89. The van der Waals surface area contributed by atoms with Gasteiger partial charge in [0.25, 0.3) is 0 Å². The number of ether oxygens (including phenoxy) is 2. The first kappa shape index (κ1) is 16.5. The van der Waals surface area contributed by atoms with E-state index in [0.717, 1.165) is 5.56 Å². The van der Waals surface area contributed by atoms with Crippen molar-refractivity contribution in [2.24, 2.45) is 0 Å². The summed E-state index contributed by atoms with van der Waals surface area (Å²) < 4.78 is 34.1. The molecule has 0 fully saturated rings. The molecule has 0 aliphatic rings. The van der Waals surface area contributed by atoms with Gasteiger partial charge in [-0.25, -0.2) is 0 Å². The molecule has 0 saturated carbocycles. The molecule has 0 aliphatic heterocycles. The van der Waals surface area contributed by atoms with Crippen molar-refractivity contribution >= 4 is 17.7 Å². The lowest BCUT2D eigenvalue weighted by Gasteiger charge is -2.10. The second kappa shape index (κ2) is 7.93. The van der Waals surface area contributed by atoms with Crippen LogP contribution >= 0.6 is 0 Å². The minimum absolute atomic E-state index is 0.0920. The van der Waals surface area contributed by atoms with Crippen molar-refractivity contribution in [1.29, 1.82) is 0 Å². The van der Waals surface area contributed by atoms with E-state index in [0.29, 0.717) is 5.75 Å². The number of anilines is 1. The molecule has 0 spiro atoms. The molecular weight excluding hydrogens is 304 g/mol. The number of para-hydroxylation sites is 2. The molecule has 2 aromatic rings. The van der Waals surface area contributed by atoms with E-state index in [2.05, 4.69) is 10.1 Å². The molecule has 0 bridgehead atoms. The first-order valence-electron chi connectivity index (χ1n) is 6.75. The van der Waals surface area contributed by atoms with Gasteiger partial charge in [-0.15, -0.1) is 0 Å². The third-order valence-corrected chi connectivity index (χ3v) is 2.88. The predicted molar refractivity (Wildman–Crippen MR) is 83.7 cm³/mol. The highest BCUT2D eigenvalue weighted by Crippen LogP contribution is 2.25. The van der Waals surface area contributed by atoms with Gasteiger partial charge in [-0.2, -0.15) is 8.78 Å². The quantitative estimate of drug-likeness (QED) is 0.820. The largest absolute Gasteiger partial charge is 0.497 e. The molecule has 0 heterocycles. The zero-order chi connectivity index (χ0) is 16.7. The number of carbonyl (C=O) groups is 1. The Morgan fingerprint density at radius 2 is 1.96 bits per heavy atom. The Morgan fingerprint density at radius 1 is 1.17 bits per heavy atom. The van der Waals surface area contributed by atoms with Crippen molar-refractivity contribution < 1.29 is 23.0 Å². The van der Waals surface area contributed by atoms with Crippen LogP contribution in [-0.4, -0.2) is 19.6 Å². The lowest BCUT2D eigenvalue weighted by molar-refractivity contribution is -0.111. The van der Waals surface area contributed by atoms with Crippen molar-refractivity contribution in [3.63, 3.8) is 0 Å². The molecule has 0 radical (unpaired) electrons. The fourth-order valence-electron chi connectivity index (χ4n) is 1.86. The smallest absolute Gasteiger partial charge is 0.387 e. The molecule has 0 unspecified atom stereocenters. The average molecular weight is 319 g/mol. The van der Waals surface area contributed by atoms with E-state index in [4.69, 9.17) is 4.74 Å². The number of alkyl halides is 2. The maximum Gasteiger partial charge on any atom is 0.387 e. The second-order valence-electron chi connectivity index (χ2n) is 4.47. The summed E-state index contributed by atoms with van der Waals surface area (Å²) in [6, 6.07) is 13.1. The van der Waals surface area contributed by atoms with Crippen LogP contribution in [0.1, 0.15) is 5.56 Å². The van der Waals surface area contributed by atoms with Gasteiger partial charge >= 0.3 is 6.61 Å².